The Morgan fingerprint density at radius 1 is 1.18 bits per heavy atom. The molecule has 2 heterocycles. The molecule has 10 heteroatoms. The van der Waals surface area contributed by atoms with E-state index in [0.717, 1.165) is 58.0 Å². The van der Waals surface area contributed by atoms with Crippen LogP contribution in [0.4, 0.5) is 4.79 Å². The van der Waals surface area contributed by atoms with Gasteiger partial charge in [-0.1, -0.05) is 61.3 Å². The summed E-state index contributed by atoms with van der Waals surface area (Å²) in [6.07, 6.45) is 7.20. The molecule has 0 spiro atoms. The van der Waals surface area contributed by atoms with Crippen molar-refractivity contribution in [2.24, 2.45) is 11.1 Å². The molecule has 0 aromatic carbocycles. The van der Waals surface area contributed by atoms with Crippen LogP contribution in [0.2, 0.25) is 0 Å². The van der Waals surface area contributed by atoms with Crippen molar-refractivity contribution >= 4 is 24.2 Å². The minimum atomic E-state index is -0.725. The number of nitriles is 1. The second kappa shape index (κ2) is 30.9. The van der Waals surface area contributed by atoms with Gasteiger partial charge in [0.25, 0.3) is 0 Å². The van der Waals surface area contributed by atoms with Gasteiger partial charge < -0.3 is 25.9 Å². The first-order valence-corrected chi connectivity index (χ1v) is 14.6. The standard InChI is InChI=1S/C10H20N2O.C6H12O.C5H11NO2.C4H7NO.2C2H6.CHN/c1-5-11-9(13)8-6-10(2,3)7-12(8)4;1-2-3-4-5-6-7;1-5(2,3)8-4(6)7;6-4-2-1-3-5-4;3*1-2/h8H,5-7H2,1-4H3,(H,11,13);6H,2-5H2,1H3;1-3H3,(H2,6,7);1-3H2,(H,5,6);2*1-2H3;1H. The van der Waals surface area contributed by atoms with Crippen molar-refractivity contribution in [1.82, 2.24) is 15.5 Å². The average Bonchev–Trinajstić information content (AvgIpc) is 3.47. The molecule has 10 nitrogen and oxygen atoms in total. The molecule has 1 unspecified atom stereocenters. The van der Waals surface area contributed by atoms with Crippen LogP contribution >= 0.6 is 0 Å². The third-order valence-electron chi connectivity index (χ3n) is 4.84. The second-order valence-corrected chi connectivity index (χ2v) is 10.3. The Morgan fingerprint density at radius 2 is 1.70 bits per heavy atom. The van der Waals surface area contributed by atoms with Gasteiger partial charge in [0.15, 0.2) is 0 Å². The number of nitrogens with zero attached hydrogens (tertiary/aromatic N) is 2. The molecular weight excluding hydrogens is 510 g/mol. The lowest BCUT2D eigenvalue weighted by Gasteiger charge is -2.17. The van der Waals surface area contributed by atoms with E-state index in [0.29, 0.717) is 0 Å². The van der Waals surface area contributed by atoms with Gasteiger partial charge in [-0.2, -0.15) is 0 Å². The molecule has 0 bridgehead atoms. The van der Waals surface area contributed by atoms with E-state index >= 15 is 0 Å². The molecule has 2 aliphatic heterocycles. The Bertz CT molecular complexity index is 638. The molecule has 0 saturated carbocycles. The van der Waals surface area contributed by atoms with Crippen molar-refractivity contribution in [3.63, 3.8) is 0 Å². The molecule has 2 rings (SSSR count). The number of likely N-dealkylation sites (tertiary alicyclic amines) is 1. The topological polar surface area (TPSA) is 155 Å². The van der Waals surface area contributed by atoms with Gasteiger partial charge in [-0.25, -0.2) is 10.1 Å². The van der Waals surface area contributed by atoms with Gasteiger partial charge in [-0.15, -0.1) is 0 Å². The first-order chi connectivity index (χ1) is 18.7. The lowest BCUT2D eigenvalue weighted by atomic mass is 9.90. The number of carbonyl (C=O) groups is 4. The van der Waals surface area contributed by atoms with Crippen LogP contribution in [0.5, 0.6) is 0 Å². The highest BCUT2D eigenvalue weighted by molar-refractivity contribution is 5.82. The number of amides is 3. The van der Waals surface area contributed by atoms with Crippen molar-refractivity contribution in [2.45, 2.75) is 133 Å². The minimum Gasteiger partial charge on any atom is -0.444 e. The van der Waals surface area contributed by atoms with Crippen LogP contribution in [-0.4, -0.2) is 67.4 Å². The highest BCUT2D eigenvalue weighted by atomic mass is 16.6. The van der Waals surface area contributed by atoms with Gasteiger partial charge >= 0.3 is 6.09 Å². The number of rotatable bonds is 6. The number of aldehydes is 1. The van der Waals surface area contributed by atoms with Gasteiger partial charge in [0.1, 0.15) is 11.9 Å². The first kappa shape index (κ1) is 47.1. The molecule has 2 saturated heterocycles. The van der Waals surface area contributed by atoms with E-state index < -0.39 is 11.7 Å². The van der Waals surface area contributed by atoms with Crippen LogP contribution in [0.15, 0.2) is 0 Å². The number of unbranched alkanes of at least 4 members (excludes halogenated alkanes) is 3. The van der Waals surface area contributed by atoms with Crippen molar-refractivity contribution in [2.75, 3.05) is 26.7 Å². The van der Waals surface area contributed by atoms with Crippen LogP contribution in [0.1, 0.15) is 121 Å². The third kappa shape index (κ3) is 35.3. The first-order valence-electron chi connectivity index (χ1n) is 14.6. The fraction of sp³-hybridized carbons (Fsp3) is 0.833. The highest BCUT2D eigenvalue weighted by Gasteiger charge is 2.38. The maximum Gasteiger partial charge on any atom is 0.405 e. The summed E-state index contributed by atoms with van der Waals surface area (Å²) < 4.78 is 4.58. The highest BCUT2D eigenvalue weighted by Crippen LogP contribution is 2.32. The number of ether oxygens (including phenoxy) is 1. The predicted molar refractivity (Wildman–Crippen MR) is 166 cm³/mol. The van der Waals surface area contributed by atoms with Gasteiger partial charge in [0, 0.05) is 39.0 Å². The maximum absolute atomic E-state index is 11.6. The monoisotopic (exact) mass is 573 g/mol. The van der Waals surface area contributed by atoms with E-state index in [1.807, 2.05) is 41.7 Å². The number of carbonyl (C=O) groups excluding carboxylic acids is 4. The summed E-state index contributed by atoms with van der Waals surface area (Å²) >= 11 is 0. The molecule has 0 aromatic heterocycles. The lowest BCUT2D eigenvalue weighted by molar-refractivity contribution is -0.125. The van der Waals surface area contributed by atoms with E-state index in [-0.39, 0.29) is 23.3 Å². The number of nitrogens with two attached hydrogens (primary N) is 1. The van der Waals surface area contributed by atoms with Gasteiger partial charge in [0.2, 0.25) is 11.8 Å². The molecular formula is C30H63N5O5. The molecule has 4 N–H and O–H groups in total. The van der Waals surface area contributed by atoms with Crippen molar-refractivity contribution in [1.29, 1.82) is 5.26 Å². The lowest BCUT2D eigenvalue weighted by Crippen LogP contribution is -2.41. The number of likely N-dealkylation sites (N-methyl/N-ethyl adjacent to an activating group) is 2. The zero-order valence-corrected chi connectivity index (χ0v) is 27.8. The molecule has 0 radical (unpaired) electrons. The van der Waals surface area contributed by atoms with Crippen LogP contribution in [0.25, 0.3) is 0 Å². The van der Waals surface area contributed by atoms with Crippen LogP contribution in [0, 0.1) is 17.2 Å². The summed E-state index contributed by atoms with van der Waals surface area (Å²) in [6.45, 7) is 27.9. The fourth-order valence-corrected chi connectivity index (χ4v) is 3.46. The quantitative estimate of drug-likeness (QED) is 0.276. The maximum atomic E-state index is 11.6. The van der Waals surface area contributed by atoms with E-state index in [1.165, 1.54) is 12.8 Å². The molecule has 0 aliphatic carbocycles. The molecule has 0 aromatic rings. The van der Waals surface area contributed by atoms with Gasteiger partial charge in [-0.3, -0.25) is 14.5 Å². The van der Waals surface area contributed by atoms with Crippen LogP contribution in [0.3, 0.4) is 0 Å². The van der Waals surface area contributed by atoms with Gasteiger partial charge in [0.05, 0.1) is 6.04 Å². The molecule has 238 valence electrons. The Labute approximate surface area is 246 Å². The normalized spacial score (nSPS) is 16.1. The summed E-state index contributed by atoms with van der Waals surface area (Å²) in [5.41, 5.74) is 4.55. The largest absolute Gasteiger partial charge is 0.444 e. The zero-order chi connectivity index (χ0) is 32.8. The molecule has 1 atom stereocenters. The van der Waals surface area contributed by atoms with Crippen LogP contribution < -0.4 is 16.4 Å². The smallest absolute Gasteiger partial charge is 0.405 e. The number of hydrogen-bond donors (Lipinski definition) is 3. The Kier molecular flexibility index (Phi) is 36.4. The predicted octanol–water partition coefficient (Wildman–Crippen LogP) is 5.59. The second-order valence-electron chi connectivity index (χ2n) is 10.3. The summed E-state index contributed by atoms with van der Waals surface area (Å²) in [6, 6.07) is 0.0787. The number of nitrogens with one attached hydrogen (secondary N) is 2. The summed E-state index contributed by atoms with van der Waals surface area (Å²) in [5.74, 6) is 0.380. The Balaban J connectivity index is -0.000000133. The van der Waals surface area contributed by atoms with Gasteiger partial charge in [-0.05, 0) is 59.4 Å². The van der Waals surface area contributed by atoms with Crippen molar-refractivity contribution in [3.8, 4) is 6.57 Å². The van der Waals surface area contributed by atoms with Crippen molar-refractivity contribution in [3.05, 3.63) is 0 Å². The number of hydrogen-bond acceptors (Lipinski definition) is 7. The summed E-state index contributed by atoms with van der Waals surface area (Å²) in [4.78, 5) is 43.6. The zero-order valence-electron chi connectivity index (χ0n) is 27.8. The summed E-state index contributed by atoms with van der Waals surface area (Å²) in [5, 5.41) is 12.1. The van der Waals surface area contributed by atoms with E-state index in [9.17, 15) is 19.2 Å². The van der Waals surface area contributed by atoms with E-state index in [4.69, 9.17) is 11.0 Å². The summed E-state index contributed by atoms with van der Waals surface area (Å²) in [7, 11) is 2.02. The van der Waals surface area contributed by atoms with E-state index in [2.05, 4.69) is 47.6 Å². The van der Waals surface area contributed by atoms with E-state index in [1.54, 1.807) is 20.8 Å². The number of primary amides is 1. The van der Waals surface area contributed by atoms with Crippen LogP contribution in [-0.2, 0) is 19.1 Å². The molecule has 40 heavy (non-hydrogen) atoms. The molecule has 2 fully saturated rings. The average molecular weight is 574 g/mol. The molecule has 2 aliphatic rings. The van der Waals surface area contributed by atoms with Crippen molar-refractivity contribution < 1.29 is 23.9 Å². The minimum absolute atomic E-state index is 0.0787. The Morgan fingerprint density at radius 3 is 1.93 bits per heavy atom. The third-order valence-corrected chi connectivity index (χ3v) is 4.84. The fourth-order valence-electron chi connectivity index (χ4n) is 3.46. The SMILES string of the molecule is C#N.CC.CC.CC(C)(C)OC(N)=O.CCCCCC=O.CCNC(=O)C1CC(C)(C)CN1C.O=C1CCCN1. The molecule has 3 amide bonds. The Hall–Kier alpha value is -2.67.